The molecule has 1 N–H and O–H groups in total. The van der Waals surface area contributed by atoms with E-state index in [9.17, 15) is 4.79 Å². The number of aromatic nitrogens is 4. The molecular formula is C26H20ClFN4O2S. The lowest BCUT2D eigenvalue weighted by Gasteiger charge is -2.14. The molecule has 0 amide bonds. The number of carboxylic acid groups (broad SMARTS) is 1. The van der Waals surface area contributed by atoms with Crippen LogP contribution < -0.4 is 0 Å². The molecule has 0 saturated heterocycles. The highest BCUT2D eigenvalue weighted by Crippen LogP contribution is 2.53. The van der Waals surface area contributed by atoms with Crippen molar-refractivity contribution in [2.24, 2.45) is 0 Å². The van der Waals surface area contributed by atoms with Crippen LogP contribution in [-0.2, 0) is 12.0 Å². The topological polar surface area (TPSA) is 80.9 Å². The van der Waals surface area contributed by atoms with Crippen LogP contribution in [0.15, 0.2) is 72.9 Å². The third-order valence-corrected chi connectivity index (χ3v) is 7.29. The van der Waals surface area contributed by atoms with Crippen LogP contribution in [0.4, 0.5) is 4.39 Å². The average Bonchev–Trinajstić information content (AvgIpc) is 3.32. The first-order valence-corrected chi connectivity index (χ1v) is 11.7. The summed E-state index contributed by atoms with van der Waals surface area (Å²) in [7, 11) is 0. The first-order chi connectivity index (χ1) is 16.5. The molecular weight excluding hydrogens is 487 g/mol. The number of thiazole rings is 1. The van der Waals surface area contributed by atoms with Crippen molar-refractivity contribution in [2.45, 2.75) is 24.8 Å². The second-order valence-corrected chi connectivity index (χ2v) is 9.48. The van der Waals surface area contributed by atoms with Gasteiger partial charge in [0.25, 0.3) is 0 Å². The third-order valence-electron chi connectivity index (χ3n) is 6.29. The Morgan fingerprint density at radius 2 is 1.86 bits per heavy atom. The molecule has 9 heteroatoms. The fourth-order valence-corrected chi connectivity index (χ4v) is 5.32. The highest BCUT2D eigenvalue weighted by molar-refractivity contribution is 7.21. The summed E-state index contributed by atoms with van der Waals surface area (Å²) in [5, 5.41) is 13.6. The first-order valence-electron chi connectivity index (χ1n) is 10.9. The van der Waals surface area contributed by atoms with Gasteiger partial charge in [0.05, 0.1) is 12.2 Å². The Morgan fingerprint density at radius 1 is 1.06 bits per heavy atom. The molecule has 1 aliphatic rings. The fraction of sp³-hybridized carbons (Fsp3) is 0.154. The van der Waals surface area contributed by atoms with E-state index in [-0.39, 0.29) is 35.9 Å². The van der Waals surface area contributed by atoms with Crippen molar-refractivity contribution in [1.82, 2.24) is 19.7 Å². The average molecular weight is 507 g/mol. The zero-order valence-electron chi connectivity index (χ0n) is 18.4. The summed E-state index contributed by atoms with van der Waals surface area (Å²) < 4.78 is 16.5. The van der Waals surface area contributed by atoms with Gasteiger partial charge in [0.15, 0.2) is 5.69 Å². The summed E-state index contributed by atoms with van der Waals surface area (Å²) in [5.41, 5.74) is 4.11. The number of benzene rings is 2. The normalized spacial score (nSPS) is 14.0. The van der Waals surface area contributed by atoms with E-state index in [4.69, 9.17) is 10.1 Å². The maximum atomic E-state index is 15.0. The molecule has 6 rings (SSSR count). The molecule has 1 saturated carbocycles. The summed E-state index contributed by atoms with van der Waals surface area (Å²) in [6.45, 7) is 0.275. The van der Waals surface area contributed by atoms with Crippen LogP contribution in [0.1, 0.15) is 40.2 Å². The summed E-state index contributed by atoms with van der Waals surface area (Å²) >= 11 is 1.39. The molecule has 0 bridgehead atoms. The van der Waals surface area contributed by atoms with Gasteiger partial charge in [-0.15, -0.1) is 12.4 Å². The number of pyridine rings is 1. The van der Waals surface area contributed by atoms with Crippen molar-refractivity contribution in [3.63, 3.8) is 0 Å². The zero-order chi connectivity index (χ0) is 23.3. The molecule has 0 aliphatic heterocycles. The second-order valence-electron chi connectivity index (χ2n) is 8.51. The molecule has 1 fully saturated rings. The minimum atomic E-state index is -1.09. The van der Waals surface area contributed by atoms with Crippen molar-refractivity contribution in [3.8, 4) is 10.6 Å². The summed E-state index contributed by atoms with van der Waals surface area (Å²) in [6.07, 6.45) is 3.71. The van der Waals surface area contributed by atoms with E-state index in [1.165, 1.54) is 33.7 Å². The third kappa shape index (κ3) is 4.19. The summed E-state index contributed by atoms with van der Waals surface area (Å²) in [4.78, 5) is 21.4. The number of halogens is 2. The Balaban J connectivity index is 0.00000253. The number of nitrogens with zero attached hydrogens (tertiary/aromatic N) is 4. The van der Waals surface area contributed by atoms with Gasteiger partial charge in [-0.1, -0.05) is 47.7 Å². The van der Waals surface area contributed by atoms with Crippen molar-refractivity contribution >= 4 is 40.1 Å². The Hall–Kier alpha value is -3.62. The van der Waals surface area contributed by atoms with Gasteiger partial charge in [-0.2, -0.15) is 5.10 Å². The van der Waals surface area contributed by atoms with E-state index in [0.29, 0.717) is 16.1 Å². The van der Waals surface area contributed by atoms with Crippen LogP contribution in [0.25, 0.3) is 20.9 Å². The van der Waals surface area contributed by atoms with Gasteiger partial charge in [-0.25, -0.2) is 19.2 Å². The van der Waals surface area contributed by atoms with E-state index in [0.717, 1.165) is 28.9 Å². The predicted octanol–water partition coefficient (Wildman–Crippen LogP) is 5.94. The molecule has 176 valence electrons. The minimum Gasteiger partial charge on any atom is -0.476 e. The van der Waals surface area contributed by atoms with E-state index in [2.05, 4.69) is 34.3 Å². The molecule has 3 heterocycles. The number of fused-ring (bicyclic) bond motifs is 1. The number of carboxylic acids is 1. The first kappa shape index (κ1) is 23.1. The molecule has 6 nitrogen and oxygen atoms in total. The largest absolute Gasteiger partial charge is 0.476 e. The molecule has 35 heavy (non-hydrogen) atoms. The quantitative estimate of drug-likeness (QED) is 0.308. The van der Waals surface area contributed by atoms with Crippen LogP contribution >= 0.6 is 23.7 Å². The van der Waals surface area contributed by atoms with Gasteiger partial charge < -0.3 is 5.11 Å². The van der Waals surface area contributed by atoms with Gasteiger partial charge in [-0.3, -0.25) is 4.68 Å². The fourth-order valence-electron chi connectivity index (χ4n) is 4.35. The monoisotopic (exact) mass is 506 g/mol. The van der Waals surface area contributed by atoms with Crippen LogP contribution in [0.2, 0.25) is 0 Å². The maximum Gasteiger partial charge on any atom is 0.356 e. The number of hydrogen-bond donors (Lipinski definition) is 1. The SMILES string of the molecule is Cl.O=C(O)c1ccn(Cc2ccc(-c3nc4ccc(C5(c6ccccc6)CC5)nc4s3)c(F)c2)n1. The number of carbonyl (C=O) groups is 1. The van der Waals surface area contributed by atoms with Gasteiger partial charge >= 0.3 is 5.97 Å². The van der Waals surface area contributed by atoms with Crippen LogP contribution in [0.3, 0.4) is 0 Å². The molecule has 1 aliphatic carbocycles. The van der Waals surface area contributed by atoms with Gasteiger partial charge in [0.1, 0.15) is 21.2 Å². The molecule has 2 aromatic carbocycles. The lowest BCUT2D eigenvalue weighted by molar-refractivity contribution is 0.0689. The van der Waals surface area contributed by atoms with Gasteiger partial charge in [-0.05, 0) is 54.3 Å². The van der Waals surface area contributed by atoms with Crippen molar-refractivity contribution < 1.29 is 14.3 Å². The Kier molecular flexibility index (Phi) is 5.86. The van der Waals surface area contributed by atoms with E-state index >= 15 is 4.39 Å². The second kappa shape index (κ2) is 8.87. The highest BCUT2D eigenvalue weighted by Gasteiger charge is 2.47. The maximum absolute atomic E-state index is 15.0. The number of aromatic carboxylic acids is 1. The Bertz CT molecular complexity index is 1550. The molecule has 0 radical (unpaired) electrons. The van der Waals surface area contributed by atoms with E-state index in [1.54, 1.807) is 18.3 Å². The predicted molar refractivity (Wildman–Crippen MR) is 135 cm³/mol. The Morgan fingerprint density at radius 3 is 2.54 bits per heavy atom. The zero-order valence-corrected chi connectivity index (χ0v) is 20.0. The van der Waals surface area contributed by atoms with Gasteiger partial charge in [0, 0.05) is 17.2 Å². The minimum absolute atomic E-state index is 0. The number of rotatable bonds is 6. The lowest BCUT2D eigenvalue weighted by Crippen LogP contribution is -2.10. The molecule has 0 unspecified atom stereocenters. The molecule has 5 aromatic rings. The Labute approximate surface area is 210 Å². The highest BCUT2D eigenvalue weighted by atomic mass is 35.5. The van der Waals surface area contributed by atoms with E-state index in [1.807, 2.05) is 18.2 Å². The van der Waals surface area contributed by atoms with Crippen LogP contribution in [-0.4, -0.2) is 30.8 Å². The number of hydrogen-bond acceptors (Lipinski definition) is 5. The summed E-state index contributed by atoms with van der Waals surface area (Å²) in [5.74, 6) is -1.48. The van der Waals surface area contributed by atoms with Crippen LogP contribution in [0, 0.1) is 5.82 Å². The van der Waals surface area contributed by atoms with Crippen molar-refractivity contribution in [1.29, 1.82) is 0 Å². The van der Waals surface area contributed by atoms with E-state index < -0.39 is 5.97 Å². The molecule has 3 aromatic heterocycles. The lowest BCUT2D eigenvalue weighted by atomic mass is 9.92. The summed E-state index contributed by atoms with van der Waals surface area (Å²) in [6, 6.07) is 20.8. The molecule has 0 atom stereocenters. The van der Waals surface area contributed by atoms with Gasteiger partial charge in [0.2, 0.25) is 0 Å². The van der Waals surface area contributed by atoms with Crippen LogP contribution in [0.5, 0.6) is 0 Å². The molecule has 0 spiro atoms. The van der Waals surface area contributed by atoms with Crippen molar-refractivity contribution in [3.05, 3.63) is 101 Å². The standard InChI is InChI=1S/C26H19FN4O2S.ClH/c27-19-14-16(15-31-13-10-21(30-31)25(32)33)6-7-18(19)23-28-20-8-9-22(29-24(20)34-23)26(11-12-26)17-4-2-1-3-5-17;/h1-10,13-14H,11-12,15H2,(H,32,33);1H. The van der Waals surface area contributed by atoms with Crippen molar-refractivity contribution in [2.75, 3.05) is 0 Å². The smallest absolute Gasteiger partial charge is 0.356 e.